The third-order valence-electron chi connectivity index (χ3n) is 6.93. The van der Waals surface area contributed by atoms with E-state index in [0.717, 1.165) is 4.88 Å². The van der Waals surface area contributed by atoms with E-state index in [4.69, 9.17) is 27.6 Å². The van der Waals surface area contributed by atoms with Gasteiger partial charge in [-0.2, -0.15) is 0 Å². The SMILES string of the molecule is CC(C)(C)[Si](C)(C)OCCC(=O)N1CC[C@@H](NC(=O)Nc2ccc(Cl)cc2)[C@H](c2ccc(Cl)s2)C1. The smallest absolute Gasteiger partial charge is 0.319 e. The van der Waals surface area contributed by atoms with Crippen LogP contribution >= 0.6 is 34.5 Å². The topological polar surface area (TPSA) is 70.7 Å². The molecular weight excluding hydrogens is 521 g/mol. The molecule has 3 rings (SSSR count). The number of nitrogens with one attached hydrogen (secondary N) is 2. The van der Waals surface area contributed by atoms with Crippen LogP contribution in [0.15, 0.2) is 36.4 Å². The predicted molar refractivity (Wildman–Crippen MR) is 148 cm³/mol. The number of thiophene rings is 1. The van der Waals surface area contributed by atoms with E-state index in [2.05, 4.69) is 44.5 Å². The van der Waals surface area contributed by atoms with E-state index < -0.39 is 8.32 Å². The van der Waals surface area contributed by atoms with E-state index in [1.165, 1.54) is 11.3 Å². The predicted octanol–water partition coefficient (Wildman–Crippen LogP) is 6.97. The monoisotopic (exact) mass is 555 g/mol. The van der Waals surface area contributed by atoms with Crippen molar-refractivity contribution in [1.29, 1.82) is 0 Å². The van der Waals surface area contributed by atoms with Gasteiger partial charge in [-0.25, -0.2) is 4.79 Å². The van der Waals surface area contributed by atoms with Gasteiger partial charge in [-0.15, -0.1) is 11.3 Å². The Bertz CT molecular complexity index is 1020. The van der Waals surface area contributed by atoms with Gasteiger partial charge in [0.2, 0.25) is 5.91 Å². The van der Waals surface area contributed by atoms with Crippen molar-refractivity contribution in [3.63, 3.8) is 0 Å². The largest absolute Gasteiger partial charge is 0.416 e. The van der Waals surface area contributed by atoms with E-state index in [1.807, 2.05) is 17.0 Å². The Labute approximate surface area is 223 Å². The third-order valence-corrected chi connectivity index (χ3v) is 13.1. The summed E-state index contributed by atoms with van der Waals surface area (Å²) < 4.78 is 6.90. The second-order valence-electron chi connectivity index (χ2n) is 10.4. The first-order valence-corrected chi connectivity index (χ1v) is 16.3. The summed E-state index contributed by atoms with van der Waals surface area (Å²) in [4.78, 5) is 28.7. The van der Waals surface area contributed by atoms with Crippen LogP contribution in [0.1, 0.15) is 44.4 Å². The lowest BCUT2D eigenvalue weighted by Crippen LogP contribution is -2.52. The molecule has 1 aliphatic rings. The van der Waals surface area contributed by atoms with E-state index >= 15 is 0 Å². The van der Waals surface area contributed by atoms with Crippen molar-refractivity contribution in [2.45, 2.75) is 63.7 Å². The molecule has 0 aliphatic carbocycles. The number of rotatable bonds is 7. The summed E-state index contributed by atoms with van der Waals surface area (Å²) in [6.45, 7) is 12.5. The first-order chi connectivity index (χ1) is 16.4. The van der Waals surface area contributed by atoms with Crippen LogP contribution in [0.3, 0.4) is 0 Å². The molecule has 0 spiro atoms. The highest BCUT2D eigenvalue weighted by atomic mass is 35.5. The Morgan fingerprint density at radius 2 is 1.83 bits per heavy atom. The minimum Gasteiger partial charge on any atom is -0.416 e. The van der Waals surface area contributed by atoms with Gasteiger partial charge in [0, 0.05) is 53.7 Å². The number of nitrogens with zero attached hydrogens (tertiary/aromatic N) is 1. The highest BCUT2D eigenvalue weighted by molar-refractivity contribution is 7.16. The van der Waals surface area contributed by atoms with Gasteiger partial charge in [0.15, 0.2) is 8.32 Å². The molecule has 1 aliphatic heterocycles. The van der Waals surface area contributed by atoms with E-state index in [9.17, 15) is 9.59 Å². The van der Waals surface area contributed by atoms with Gasteiger partial charge >= 0.3 is 6.03 Å². The number of urea groups is 1. The molecule has 10 heteroatoms. The van der Waals surface area contributed by atoms with Crippen LogP contribution in [-0.4, -0.2) is 50.9 Å². The van der Waals surface area contributed by atoms with Crippen LogP contribution < -0.4 is 10.6 Å². The molecule has 0 bridgehead atoms. The van der Waals surface area contributed by atoms with Crippen molar-refractivity contribution in [2.75, 3.05) is 25.0 Å². The van der Waals surface area contributed by atoms with E-state index in [-0.39, 0.29) is 28.9 Å². The van der Waals surface area contributed by atoms with E-state index in [1.54, 1.807) is 24.3 Å². The minimum absolute atomic E-state index is 0.0394. The summed E-state index contributed by atoms with van der Waals surface area (Å²) in [7, 11) is -1.90. The maximum Gasteiger partial charge on any atom is 0.319 e. The zero-order chi connectivity index (χ0) is 25.8. The molecule has 192 valence electrons. The Morgan fingerprint density at radius 3 is 2.43 bits per heavy atom. The molecule has 2 atom stereocenters. The summed E-state index contributed by atoms with van der Waals surface area (Å²) >= 11 is 13.6. The Morgan fingerprint density at radius 1 is 1.14 bits per heavy atom. The number of anilines is 1. The highest BCUT2D eigenvalue weighted by Crippen LogP contribution is 2.37. The average Bonchev–Trinajstić information content (AvgIpc) is 3.20. The van der Waals surface area contributed by atoms with Gasteiger partial charge in [-0.05, 0) is 61.0 Å². The molecule has 6 nitrogen and oxygen atoms in total. The normalized spacial score (nSPS) is 18.9. The van der Waals surface area contributed by atoms with Gasteiger partial charge in [0.25, 0.3) is 0 Å². The molecule has 1 aromatic heterocycles. The van der Waals surface area contributed by atoms with Crippen LogP contribution in [0.25, 0.3) is 0 Å². The van der Waals surface area contributed by atoms with Crippen molar-refractivity contribution >= 4 is 60.5 Å². The fourth-order valence-electron chi connectivity index (χ4n) is 3.80. The first kappa shape index (κ1) is 28.0. The minimum atomic E-state index is -1.90. The number of piperidine rings is 1. The molecule has 2 N–H and O–H groups in total. The summed E-state index contributed by atoms with van der Waals surface area (Å²) in [5.74, 6) is 0.0444. The van der Waals surface area contributed by atoms with Gasteiger partial charge in [-0.3, -0.25) is 4.79 Å². The summed E-state index contributed by atoms with van der Waals surface area (Å²) in [6, 6.07) is 10.4. The van der Waals surface area contributed by atoms with Crippen LogP contribution in [0.4, 0.5) is 10.5 Å². The number of hydrogen-bond acceptors (Lipinski definition) is 4. The Kier molecular flexibility index (Phi) is 9.31. The molecule has 1 fully saturated rings. The molecule has 3 amide bonds. The van der Waals surface area contributed by atoms with Gasteiger partial charge in [-0.1, -0.05) is 44.0 Å². The maximum absolute atomic E-state index is 13.0. The summed E-state index contributed by atoms with van der Waals surface area (Å²) in [5.41, 5.74) is 0.664. The number of carbonyl (C=O) groups excluding carboxylic acids is 2. The van der Waals surface area contributed by atoms with Crippen LogP contribution in [0, 0.1) is 0 Å². The number of carbonyl (C=O) groups is 2. The first-order valence-electron chi connectivity index (χ1n) is 11.9. The molecule has 0 saturated carbocycles. The van der Waals surface area contributed by atoms with Gasteiger partial charge in [0.1, 0.15) is 0 Å². The maximum atomic E-state index is 13.0. The van der Waals surface area contributed by atoms with Gasteiger partial charge < -0.3 is 20.0 Å². The standard InChI is InChI=1S/C25H35Cl2N3O3SSi/c1-25(2,3)35(4,5)33-15-13-23(31)30-14-12-20(19(16-30)21-10-11-22(27)34-21)29-24(32)28-18-8-6-17(26)7-9-18/h6-11,19-20H,12-16H2,1-5H3,(H2,28,29,32)/t19-,20-/m1/s1. The zero-order valence-corrected chi connectivity index (χ0v) is 24.3. The second kappa shape index (κ2) is 11.6. The lowest BCUT2D eigenvalue weighted by molar-refractivity contribution is -0.133. The van der Waals surface area contributed by atoms with Crippen molar-refractivity contribution in [1.82, 2.24) is 10.2 Å². The number of benzene rings is 1. The number of likely N-dealkylation sites (tertiary alicyclic amines) is 1. The zero-order valence-electron chi connectivity index (χ0n) is 21.0. The Hall–Kier alpha value is -1.58. The summed E-state index contributed by atoms with van der Waals surface area (Å²) in [6.07, 6.45) is 1.02. The average molecular weight is 557 g/mol. The molecular formula is C25H35Cl2N3O3SSi. The molecule has 0 radical (unpaired) electrons. The molecule has 2 aromatic rings. The number of halogens is 2. The lowest BCUT2D eigenvalue weighted by Gasteiger charge is -2.39. The van der Waals surface area contributed by atoms with Crippen molar-refractivity contribution in [3.8, 4) is 0 Å². The number of amides is 3. The highest BCUT2D eigenvalue weighted by Gasteiger charge is 2.38. The van der Waals surface area contributed by atoms with Crippen molar-refractivity contribution in [3.05, 3.63) is 50.6 Å². The van der Waals surface area contributed by atoms with Gasteiger partial charge in [0.05, 0.1) is 4.34 Å². The van der Waals surface area contributed by atoms with Crippen molar-refractivity contribution < 1.29 is 14.0 Å². The fraction of sp³-hybridized carbons (Fsp3) is 0.520. The molecule has 0 unspecified atom stereocenters. The van der Waals surface area contributed by atoms with E-state index in [0.29, 0.717) is 47.6 Å². The quantitative estimate of drug-likeness (QED) is 0.362. The fourth-order valence-corrected chi connectivity index (χ4v) is 6.19. The second-order valence-corrected chi connectivity index (χ2v) is 17.4. The van der Waals surface area contributed by atoms with Crippen LogP contribution in [0.2, 0.25) is 27.5 Å². The van der Waals surface area contributed by atoms with Crippen LogP contribution in [0.5, 0.6) is 0 Å². The molecule has 1 saturated heterocycles. The molecule has 35 heavy (non-hydrogen) atoms. The van der Waals surface area contributed by atoms with Crippen molar-refractivity contribution in [2.24, 2.45) is 0 Å². The van der Waals surface area contributed by atoms with Crippen LogP contribution in [-0.2, 0) is 9.22 Å². The third kappa shape index (κ3) is 7.70. The lowest BCUT2D eigenvalue weighted by atomic mass is 9.90. The Balaban J connectivity index is 1.62. The molecule has 2 heterocycles. The molecule has 1 aromatic carbocycles. The summed E-state index contributed by atoms with van der Waals surface area (Å²) in [5, 5.41) is 6.68. The number of hydrogen-bond donors (Lipinski definition) is 2.